The summed E-state index contributed by atoms with van der Waals surface area (Å²) in [6.45, 7) is 36.7. The maximum absolute atomic E-state index is 12.6. The summed E-state index contributed by atoms with van der Waals surface area (Å²) >= 11 is 0. The maximum atomic E-state index is 12.6. The van der Waals surface area contributed by atoms with Crippen molar-refractivity contribution in [2.45, 2.75) is 121 Å². The standard InChI is InChI=1S/C22H40N2O4.C16H26O3.C6H16N2O2/c1-17(15-22(5,6)16-21(2,3)4)13-18-14-19(25)24(20(18)26)8-10-28-12-11-27-9-7-23;1-11(7-12-8-13(17)19-14(12)18)9-16(5,6)10-15(2,3)4;7-1-3-9-5-6-10-4-2-8/h18H,1,7-16,23H2,2-6H3;12H,1,7-10H2,2-6H3;1-8H2. The van der Waals surface area contributed by atoms with Crippen molar-refractivity contribution in [2.75, 3.05) is 79.0 Å². The van der Waals surface area contributed by atoms with E-state index in [4.69, 9.17) is 36.1 Å². The smallest absolute Gasteiger partial charge is 0.317 e. The molecule has 2 aliphatic rings. The molecule has 2 fully saturated rings. The predicted molar refractivity (Wildman–Crippen MR) is 227 cm³/mol. The van der Waals surface area contributed by atoms with Crippen LogP contribution in [0.25, 0.3) is 0 Å². The topological polar surface area (TPSA) is 196 Å². The second-order valence-electron chi connectivity index (χ2n) is 19.4. The maximum Gasteiger partial charge on any atom is 0.317 e. The van der Waals surface area contributed by atoms with Gasteiger partial charge in [0.05, 0.1) is 77.7 Å². The van der Waals surface area contributed by atoms with Crippen LogP contribution in [0.2, 0.25) is 0 Å². The average molecular weight is 811 g/mol. The second kappa shape index (κ2) is 27.3. The lowest BCUT2D eigenvalue weighted by Gasteiger charge is -2.33. The molecule has 57 heavy (non-hydrogen) atoms. The lowest BCUT2D eigenvalue weighted by molar-refractivity contribution is -0.153. The Balaban J connectivity index is 0.000000928. The largest absolute Gasteiger partial charge is 0.393 e. The van der Waals surface area contributed by atoms with E-state index in [1.54, 1.807) is 0 Å². The molecule has 2 aliphatic heterocycles. The van der Waals surface area contributed by atoms with Crippen LogP contribution in [-0.4, -0.2) is 108 Å². The highest BCUT2D eigenvalue weighted by Gasteiger charge is 2.39. The number of likely N-dealkylation sites (tertiary alicyclic amines) is 1. The van der Waals surface area contributed by atoms with Crippen molar-refractivity contribution in [3.05, 3.63) is 24.3 Å². The number of hydrogen-bond acceptors (Lipinski definition) is 12. The van der Waals surface area contributed by atoms with Gasteiger partial charge in [0.1, 0.15) is 0 Å². The van der Waals surface area contributed by atoms with Crippen LogP contribution >= 0.6 is 0 Å². The van der Waals surface area contributed by atoms with Gasteiger partial charge in [-0.05, 0) is 60.2 Å². The average Bonchev–Trinajstić information content (AvgIpc) is 3.49. The molecule has 0 spiro atoms. The Kier molecular flexibility index (Phi) is 26.1. The van der Waals surface area contributed by atoms with Crippen LogP contribution in [-0.2, 0) is 42.9 Å². The third-order valence-electron chi connectivity index (χ3n) is 8.83. The fraction of sp³-hybridized carbons (Fsp3) is 0.818. The molecule has 13 heteroatoms. The predicted octanol–water partition coefficient (Wildman–Crippen LogP) is 5.96. The van der Waals surface area contributed by atoms with E-state index in [9.17, 15) is 19.2 Å². The zero-order valence-corrected chi connectivity index (χ0v) is 37.6. The Morgan fingerprint density at radius 3 is 1.35 bits per heavy atom. The van der Waals surface area contributed by atoms with Crippen molar-refractivity contribution >= 4 is 23.8 Å². The van der Waals surface area contributed by atoms with E-state index < -0.39 is 5.97 Å². The van der Waals surface area contributed by atoms with E-state index in [0.717, 1.165) is 36.8 Å². The molecule has 0 aliphatic carbocycles. The SMILES string of the molecule is C=C(CC1CC(=O)N(CCOCCOCCN)C1=O)CC(C)(C)CC(C)(C)C.C=C(CC1CC(=O)OC1=O)CC(C)(C)CC(C)(C)C.NCCOCCOCCN. The third-order valence-corrected chi connectivity index (χ3v) is 8.83. The Bertz CT molecular complexity index is 1230. The van der Waals surface area contributed by atoms with Gasteiger partial charge in [-0.1, -0.05) is 93.5 Å². The lowest BCUT2D eigenvalue weighted by atomic mass is 9.72. The molecule has 6 N–H and O–H groups in total. The van der Waals surface area contributed by atoms with E-state index in [0.29, 0.717) is 91.9 Å². The summed E-state index contributed by atoms with van der Waals surface area (Å²) < 4.78 is 25.3. The van der Waals surface area contributed by atoms with Crippen LogP contribution in [0.3, 0.4) is 0 Å². The van der Waals surface area contributed by atoms with Crippen LogP contribution in [0, 0.1) is 33.5 Å². The molecular formula is C44H82N4O9. The van der Waals surface area contributed by atoms with Crippen molar-refractivity contribution < 1.29 is 42.9 Å². The van der Waals surface area contributed by atoms with Crippen LogP contribution in [0.5, 0.6) is 0 Å². The number of rotatable bonds is 25. The first-order chi connectivity index (χ1) is 26.3. The fourth-order valence-corrected chi connectivity index (χ4v) is 8.06. The molecule has 2 atom stereocenters. The van der Waals surface area contributed by atoms with Gasteiger partial charge >= 0.3 is 11.9 Å². The van der Waals surface area contributed by atoms with E-state index in [1.807, 2.05) is 0 Å². The Morgan fingerprint density at radius 2 is 1.00 bits per heavy atom. The van der Waals surface area contributed by atoms with Crippen molar-refractivity contribution in [1.29, 1.82) is 0 Å². The summed E-state index contributed by atoms with van der Waals surface area (Å²) in [6, 6.07) is 0. The third kappa shape index (κ3) is 27.7. The number of ether oxygens (including phenoxy) is 5. The number of amides is 2. The number of nitrogens with two attached hydrogens (primary N) is 3. The molecule has 2 saturated heterocycles. The van der Waals surface area contributed by atoms with Gasteiger partial charge in [0.25, 0.3) is 0 Å². The molecule has 0 aromatic heterocycles. The Labute approximate surface area is 345 Å². The van der Waals surface area contributed by atoms with Gasteiger partial charge in [-0.25, -0.2) is 0 Å². The number of cyclic esters (lactones) is 2. The van der Waals surface area contributed by atoms with Crippen LogP contribution < -0.4 is 17.2 Å². The quantitative estimate of drug-likeness (QED) is 0.0322. The fourth-order valence-electron chi connectivity index (χ4n) is 8.06. The number of nitrogens with zero attached hydrogens (tertiary/aromatic N) is 1. The Hall–Kier alpha value is -2.52. The van der Waals surface area contributed by atoms with E-state index in [-0.39, 0.29) is 64.1 Å². The summed E-state index contributed by atoms with van der Waals surface area (Å²) in [6.07, 6.45) is 5.55. The number of hydrogen-bond donors (Lipinski definition) is 3. The van der Waals surface area contributed by atoms with Gasteiger partial charge in [0.15, 0.2) is 0 Å². The molecule has 0 radical (unpaired) electrons. The zero-order valence-electron chi connectivity index (χ0n) is 37.6. The van der Waals surface area contributed by atoms with Crippen LogP contribution in [0.1, 0.15) is 121 Å². The second-order valence-corrected chi connectivity index (χ2v) is 19.4. The van der Waals surface area contributed by atoms with Gasteiger partial charge < -0.3 is 40.9 Å². The molecule has 0 aromatic carbocycles. The summed E-state index contributed by atoms with van der Waals surface area (Å²) in [5.74, 6) is -1.59. The minimum absolute atomic E-state index is 0.0947. The van der Waals surface area contributed by atoms with Gasteiger partial charge in [0.2, 0.25) is 11.8 Å². The molecule has 2 heterocycles. The first-order valence-corrected chi connectivity index (χ1v) is 20.7. The highest BCUT2D eigenvalue weighted by Crippen LogP contribution is 2.40. The first-order valence-electron chi connectivity index (χ1n) is 20.7. The van der Waals surface area contributed by atoms with Gasteiger partial charge in [-0.15, -0.1) is 0 Å². The molecular weight excluding hydrogens is 729 g/mol. The van der Waals surface area contributed by atoms with E-state index in [2.05, 4.69) is 87.1 Å². The number of esters is 2. The molecule has 2 amide bonds. The van der Waals surface area contributed by atoms with E-state index in [1.165, 1.54) is 4.90 Å². The summed E-state index contributed by atoms with van der Waals surface area (Å²) in [4.78, 5) is 48.7. The van der Waals surface area contributed by atoms with Crippen LogP contribution in [0.15, 0.2) is 24.3 Å². The molecule has 2 rings (SSSR count). The number of carbonyl (C=O) groups excluding carboxylic acids is 4. The molecule has 0 saturated carbocycles. The van der Waals surface area contributed by atoms with Crippen molar-refractivity contribution in [2.24, 2.45) is 50.7 Å². The normalized spacial score (nSPS) is 17.6. The van der Waals surface area contributed by atoms with Gasteiger partial charge in [-0.3, -0.25) is 24.1 Å². The molecule has 0 aromatic rings. The highest BCUT2D eigenvalue weighted by atomic mass is 16.6. The van der Waals surface area contributed by atoms with Crippen LogP contribution in [0.4, 0.5) is 0 Å². The lowest BCUT2D eigenvalue weighted by Crippen LogP contribution is -2.34. The highest BCUT2D eigenvalue weighted by molar-refractivity contribution is 6.03. The Morgan fingerprint density at radius 1 is 0.614 bits per heavy atom. The number of imide groups is 1. The van der Waals surface area contributed by atoms with Gasteiger partial charge in [0, 0.05) is 26.1 Å². The number of carbonyl (C=O) groups is 4. The molecule has 13 nitrogen and oxygen atoms in total. The molecule has 0 bridgehead atoms. The number of allylic oxidation sites excluding steroid dienone is 2. The summed E-state index contributed by atoms with van der Waals surface area (Å²) in [5, 5.41) is 0. The van der Waals surface area contributed by atoms with Gasteiger partial charge in [-0.2, -0.15) is 0 Å². The minimum Gasteiger partial charge on any atom is -0.393 e. The first kappa shape index (κ1) is 54.5. The molecule has 2 unspecified atom stereocenters. The minimum atomic E-state index is -0.406. The van der Waals surface area contributed by atoms with Crippen molar-refractivity contribution in [1.82, 2.24) is 4.90 Å². The monoisotopic (exact) mass is 811 g/mol. The molecule has 332 valence electrons. The zero-order chi connectivity index (χ0) is 43.9. The summed E-state index contributed by atoms with van der Waals surface area (Å²) in [7, 11) is 0. The van der Waals surface area contributed by atoms with Crippen molar-refractivity contribution in [3.8, 4) is 0 Å². The van der Waals surface area contributed by atoms with E-state index >= 15 is 0 Å². The summed E-state index contributed by atoms with van der Waals surface area (Å²) in [5.41, 5.74) is 18.6. The van der Waals surface area contributed by atoms with Crippen molar-refractivity contribution in [3.63, 3.8) is 0 Å².